The van der Waals surface area contributed by atoms with E-state index in [1.165, 1.54) is 0 Å². The summed E-state index contributed by atoms with van der Waals surface area (Å²) in [6.45, 7) is 2.79. The quantitative estimate of drug-likeness (QED) is 0.742. The fourth-order valence-corrected chi connectivity index (χ4v) is 3.40. The molecule has 0 saturated carbocycles. The molecule has 2 rings (SSSR count). The highest BCUT2D eigenvalue weighted by Crippen LogP contribution is 2.45. The monoisotopic (exact) mass is 334 g/mol. The lowest BCUT2D eigenvalue weighted by atomic mass is 9.89. The number of ether oxygens (including phenoxy) is 1. The van der Waals surface area contributed by atoms with Crippen molar-refractivity contribution in [3.63, 3.8) is 0 Å². The molecule has 1 aliphatic heterocycles. The van der Waals surface area contributed by atoms with Gasteiger partial charge < -0.3 is 15.2 Å². The lowest BCUT2D eigenvalue weighted by Gasteiger charge is -2.32. The van der Waals surface area contributed by atoms with Gasteiger partial charge in [-0.15, -0.1) is 0 Å². The van der Waals surface area contributed by atoms with Gasteiger partial charge in [-0.25, -0.2) is 0 Å². The number of carboxylic acid groups (broad SMARTS) is 1. The third kappa shape index (κ3) is 3.60. The largest absolute Gasteiger partial charge is 0.480 e. The molecule has 3 atom stereocenters. The van der Waals surface area contributed by atoms with Crippen molar-refractivity contribution in [2.75, 3.05) is 27.3 Å². The van der Waals surface area contributed by atoms with E-state index in [-0.39, 0.29) is 18.4 Å². The summed E-state index contributed by atoms with van der Waals surface area (Å²) in [5.74, 6) is -1.40. The zero-order chi connectivity index (χ0) is 17.7. The van der Waals surface area contributed by atoms with Crippen molar-refractivity contribution in [1.82, 2.24) is 10.2 Å². The minimum Gasteiger partial charge on any atom is -0.480 e. The Morgan fingerprint density at radius 2 is 2.04 bits per heavy atom. The summed E-state index contributed by atoms with van der Waals surface area (Å²) < 4.78 is 4.98. The number of amides is 1. The molecule has 1 aromatic rings. The highest BCUT2D eigenvalue weighted by molar-refractivity contribution is 5.85. The molecule has 132 valence electrons. The molecule has 1 heterocycles. The van der Waals surface area contributed by atoms with Gasteiger partial charge in [0.05, 0.1) is 5.92 Å². The molecule has 1 amide bonds. The molecule has 2 N–H and O–H groups in total. The van der Waals surface area contributed by atoms with Gasteiger partial charge in [-0.1, -0.05) is 30.3 Å². The maximum absolute atomic E-state index is 12.7. The van der Waals surface area contributed by atoms with E-state index in [9.17, 15) is 14.7 Å². The summed E-state index contributed by atoms with van der Waals surface area (Å²) in [6, 6.07) is 9.37. The van der Waals surface area contributed by atoms with E-state index in [0.29, 0.717) is 13.2 Å². The van der Waals surface area contributed by atoms with Crippen LogP contribution in [0.2, 0.25) is 0 Å². The Bertz CT molecular complexity index is 578. The van der Waals surface area contributed by atoms with Gasteiger partial charge in [0.15, 0.2) is 0 Å². The highest BCUT2D eigenvalue weighted by Gasteiger charge is 2.54. The van der Waals surface area contributed by atoms with Gasteiger partial charge >= 0.3 is 5.97 Å². The van der Waals surface area contributed by atoms with Gasteiger partial charge in [0, 0.05) is 26.3 Å². The predicted octanol–water partition coefficient (Wildman–Crippen LogP) is 1.68. The van der Waals surface area contributed by atoms with Crippen molar-refractivity contribution in [1.29, 1.82) is 0 Å². The minimum absolute atomic E-state index is 0.100. The number of likely N-dealkylation sites (tertiary alicyclic amines) is 1. The number of carboxylic acids is 1. The third-order valence-corrected chi connectivity index (χ3v) is 4.96. The Kier molecular flexibility index (Phi) is 5.96. The van der Waals surface area contributed by atoms with Gasteiger partial charge in [-0.2, -0.15) is 0 Å². The maximum Gasteiger partial charge on any atom is 0.323 e. The first-order valence-electron chi connectivity index (χ1n) is 8.19. The van der Waals surface area contributed by atoms with Crippen LogP contribution in [0.1, 0.15) is 31.4 Å². The standard InChI is InChI=1S/C18H26N2O4/c1-18(17(22)23)12-14(16(21)19-10-7-11-24-3)15(20(18)2)13-8-5-4-6-9-13/h4-6,8-9,14-15H,7,10-12H2,1-3H3,(H,19,21)(H,22,23)/t14-,15-,18-/m0/s1. The van der Waals surface area contributed by atoms with Gasteiger partial charge in [0.25, 0.3) is 0 Å². The van der Waals surface area contributed by atoms with Crippen LogP contribution in [-0.4, -0.2) is 54.7 Å². The number of benzene rings is 1. The van der Waals surface area contributed by atoms with Crippen LogP contribution in [-0.2, 0) is 14.3 Å². The molecule has 0 unspecified atom stereocenters. The fraction of sp³-hybridized carbons (Fsp3) is 0.556. The molecule has 0 aliphatic carbocycles. The summed E-state index contributed by atoms with van der Waals surface area (Å²) >= 11 is 0. The number of hydrogen-bond acceptors (Lipinski definition) is 4. The number of likely N-dealkylation sites (N-methyl/N-ethyl adjacent to an activating group) is 1. The molecule has 0 aromatic heterocycles. The smallest absolute Gasteiger partial charge is 0.323 e. The van der Waals surface area contributed by atoms with E-state index in [1.54, 1.807) is 21.1 Å². The van der Waals surface area contributed by atoms with Crippen LogP contribution in [0.15, 0.2) is 30.3 Å². The maximum atomic E-state index is 12.7. The average Bonchev–Trinajstić information content (AvgIpc) is 2.85. The molecule has 0 bridgehead atoms. The summed E-state index contributed by atoms with van der Waals surface area (Å²) in [6.07, 6.45) is 1.02. The number of nitrogens with zero attached hydrogens (tertiary/aromatic N) is 1. The first-order valence-corrected chi connectivity index (χ1v) is 8.19. The number of nitrogens with one attached hydrogen (secondary N) is 1. The van der Waals surface area contributed by atoms with Gasteiger partial charge in [-0.3, -0.25) is 14.5 Å². The number of methoxy groups -OCH3 is 1. The molecule has 1 aliphatic rings. The Hall–Kier alpha value is -1.92. The number of hydrogen-bond donors (Lipinski definition) is 2. The first kappa shape index (κ1) is 18.4. The Balaban J connectivity index is 2.22. The van der Waals surface area contributed by atoms with Crippen LogP contribution in [0, 0.1) is 5.92 Å². The molecule has 6 heteroatoms. The van der Waals surface area contributed by atoms with Crippen LogP contribution in [0.25, 0.3) is 0 Å². The average molecular weight is 334 g/mol. The van der Waals surface area contributed by atoms with Gasteiger partial charge in [-0.05, 0) is 32.4 Å². The molecular formula is C18H26N2O4. The number of carbonyl (C=O) groups is 2. The van der Waals surface area contributed by atoms with Gasteiger partial charge in [0.2, 0.25) is 5.91 Å². The van der Waals surface area contributed by atoms with E-state index in [2.05, 4.69) is 5.32 Å². The van der Waals surface area contributed by atoms with E-state index < -0.39 is 17.4 Å². The lowest BCUT2D eigenvalue weighted by Crippen LogP contribution is -2.46. The van der Waals surface area contributed by atoms with E-state index in [1.807, 2.05) is 35.2 Å². The Labute approximate surface area is 142 Å². The molecule has 0 spiro atoms. The van der Waals surface area contributed by atoms with Crippen LogP contribution in [0.3, 0.4) is 0 Å². The second-order valence-corrected chi connectivity index (χ2v) is 6.49. The van der Waals surface area contributed by atoms with Crippen molar-refractivity contribution in [2.45, 2.75) is 31.3 Å². The zero-order valence-corrected chi connectivity index (χ0v) is 14.5. The second-order valence-electron chi connectivity index (χ2n) is 6.49. The topological polar surface area (TPSA) is 78.9 Å². The second kappa shape index (κ2) is 7.77. The summed E-state index contributed by atoms with van der Waals surface area (Å²) in [7, 11) is 3.40. The zero-order valence-electron chi connectivity index (χ0n) is 14.5. The van der Waals surface area contributed by atoms with E-state index >= 15 is 0 Å². The van der Waals surface area contributed by atoms with Crippen molar-refractivity contribution in [2.24, 2.45) is 5.92 Å². The van der Waals surface area contributed by atoms with Crippen molar-refractivity contribution < 1.29 is 19.4 Å². The SMILES string of the molecule is COCCCNC(=O)[C@H]1C[C@@](C)(C(=O)O)N(C)[C@H]1c1ccccc1. The van der Waals surface area contributed by atoms with Crippen molar-refractivity contribution in [3.8, 4) is 0 Å². The Morgan fingerprint density at radius 1 is 1.38 bits per heavy atom. The number of aliphatic carboxylic acids is 1. The lowest BCUT2D eigenvalue weighted by molar-refractivity contribution is -0.148. The van der Waals surface area contributed by atoms with Crippen LogP contribution in [0.4, 0.5) is 0 Å². The predicted molar refractivity (Wildman–Crippen MR) is 90.6 cm³/mol. The minimum atomic E-state index is -1.06. The first-order chi connectivity index (χ1) is 11.4. The summed E-state index contributed by atoms with van der Waals surface area (Å²) in [5.41, 5.74) is -0.100. The molecule has 1 fully saturated rings. The summed E-state index contributed by atoms with van der Waals surface area (Å²) in [5, 5.41) is 12.6. The van der Waals surface area contributed by atoms with E-state index in [4.69, 9.17) is 4.74 Å². The number of carbonyl (C=O) groups excluding carboxylic acids is 1. The number of rotatable bonds is 7. The molecule has 1 aromatic carbocycles. The van der Waals surface area contributed by atoms with Crippen LogP contribution in [0.5, 0.6) is 0 Å². The van der Waals surface area contributed by atoms with Crippen LogP contribution < -0.4 is 5.32 Å². The molecule has 6 nitrogen and oxygen atoms in total. The van der Waals surface area contributed by atoms with Crippen molar-refractivity contribution >= 4 is 11.9 Å². The normalized spacial score (nSPS) is 27.1. The molecular weight excluding hydrogens is 308 g/mol. The third-order valence-electron chi connectivity index (χ3n) is 4.96. The molecule has 1 saturated heterocycles. The van der Waals surface area contributed by atoms with Crippen molar-refractivity contribution in [3.05, 3.63) is 35.9 Å². The van der Waals surface area contributed by atoms with E-state index in [0.717, 1.165) is 12.0 Å². The Morgan fingerprint density at radius 3 is 2.62 bits per heavy atom. The van der Waals surface area contributed by atoms with Gasteiger partial charge in [0.1, 0.15) is 5.54 Å². The highest BCUT2D eigenvalue weighted by atomic mass is 16.5. The summed E-state index contributed by atoms with van der Waals surface area (Å²) in [4.78, 5) is 26.3. The van der Waals surface area contributed by atoms with Crippen LogP contribution >= 0.6 is 0 Å². The molecule has 24 heavy (non-hydrogen) atoms. The molecule has 0 radical (unpaired) electrons. The fourth-order valence-electron chi connectivity index (χ4n) is 3.40.